The molecule has 1 N–H and O–H groups in total. The first-order valence-electron chi connectivity index (χ1n) is 7.77. The third-order valence-electron chi connectivity index (χ3n) is 3.86. The Kier molecular flexibility index (Phi) is 5.04. The molecule has 1 heterocycles. The SMILES string of the molecule is Cc1c(C(=O)Nc2ccccc2Sc2nccn2C)cccc1[N+](=O)[O-]. The molecular weight excluding hydrogens is 352 g/mol. The smallest absolute Gasteiger partial charge is 0.273 e. The lowest BCUT2D eigenvalue weighted by Gasteiger charge is -2.12. The predicted octanol–water partition coefficient (Wildman–Crippen LogP) is 4.04. The lowest BCUT2D eigenvalue weighted by molar-refractivity contribution is -0.385. The molecule has 0 radical (unpaired) electrons. The number of aryl methyl sites for hydroxylation is 1. The summed E-state index contributed by atoms with van der Waals surface area (Å²) in [6, 6.07) is 11.8. The van der Waals surface area contributed by atoms with Crippen LogP contribution in [0.25, 0.3) is 0 Å². The number of benzene rings is 2. The molecule has 0 atom stereocenters. The Bertz CT molecular complexity index is 984. The molecule has 7 nitrogen and oxygen atoms in total. The lowest BCUT2D eigenvalue weighted by atomic mass is 10.1. The molecule has 8 heteroatoms. The highest BCUT2D eigenvalue weighted by Gasteiger charge is 2.19. The van der Waals surface area contributed by atoms with Gasteiger partial charge in [-0.15, -0.1) is 0 Å². The van der Waals surface area contributed by atoms with Crippen LogP contribution in [0.3, 0.4) is 0 Å². The van der Waals surface area contributed by atoms with Gasteiger partial charge < -0.3 is 9.88 Å². The summed E-state index contributed by atoms with van der Waals surface area (Å²) >= 11 is 1.43. The number of nitrogens with zero attached hydrogens (tertiary/aromatic N) is 3. The minimum Gasteiger partial charge on any atom is -0.329 e. The van der Waals surface area contributed by atoms with E-state index >= 15 is 0 Å². The van der Waals surface area contributed by atoms with Crippen LogP contribution in [0.1, 0.15) is 15.9 Å². The fourth-order valence-corrected chi connectivity index (χ4v) is 3.36. The molecule has 2 aromatic carbocycles. The van der Waals surface area contributed by atoms with Crippen molar-refractivity contribution in [2.45, 2.75) is 17.0 Å². The molecule has 1 amide bonds. The van der Waals surface area contributed by atoms with Gasteiger partial charge in [0, 0.05) is 41.5 Å². The van der Waals surface area contributed by atoms with Crippen molar-refractivity contribution in [3.8, 4) is 0 Å². The first kappa shape index (κ1) is 17.7. The quantitative estimate of drug-likeness (QED) is 0.542. The van der Waals surface area contributed by atoms with Crippen LogP contribution in [-0.2, 0) is 7.05 Å². The second-order valence-electron chi connectivity index (χ2n) is 5.58. The van der Waals surface area contributed by atoms with Crippen LogP contribution < -0.4 is 5.32 Å². The van der Waals surface area contributed by atoms with Crippen molar-refractivity contribution in [2.75, 3.05) is 5.32 Å². The summed E-state index contributed by atoms with van der Waals surface area (Å²) in [7, 11) is 1.89. The van der Waals surface area contributed by atoms with Gasteiger partial charge in [-0.1, -0.05) is 18.2 Å². The molecule has 0 aliphatic heterocycles. The summed E-state index contributed by atoms with van der Waals surface area (Å²) in [5, 5.41) is 14.7. The van der Waals surface area contributed by atoms with Gasteiger partial charge in [-0.25, -0.2) is 4.98 Å². The highest BCUT2D eigenvalue weighted by molar-refractivity contribution is 7.99. The highest BCUT2D eigenvalue weighted by atomic mass is 32.2. The van der Waals surface area contributed by atoms with Crippen LogP contribution in [0.5, 0.6) is 0 Å². The maximum atomic E-state index is 12.7. The van der Waals surface area contributed by atoms with Crippen molar-refractivity contribution in [2.24, 2.45) is 7.05 Å². The molecule has 0 fully saturated rings. The zero-order valence-electron chi connectivity index (χ0n) is 14.2. The number of imidazole rings is 1. The van der Waals surface area contributed by atoms with E-state index in [1.807, 2.05) is 36.0 Å². The topological polar surface area (TPSA) is 90.1 Å². The third kappa shape index (κ3) is 3.60. The largest absolute Gasteiger partial charge is 0.329 e. The van der Waals surface area contributed by atoms with Gasteiger partial charge in [-0.3, -0.25) is 14.9 Å². The monoisotopic (exact) mass is 368 g/mol. The van der Waals surface area contributed by atoms with E-state index in [-0.39, 0.29) is 17.2 Å². The van der Waals surface area contributed by atoms with E-state index in [9.17, 15) is 14.9 Å². The number of carbonyl (C=O) groups excluding carboxylic acids is 1. The number of para-hydroxylation sites is 1. The average Bonchev–Trinajstić information content (AvgIpc) is 3.01. The minimum absolute atomic E-state index is 0.0756. The van der Waals surface area contributed by atoms with Crippen LogP contribution in [0.2, 0.25) is 0 Å². The molecule has 1 aromatic heterocycles. The van der Waals surface area contributed by atoms with E-state index in [1.54, 1.807) is 25.3 Å². The Morgan fingerprint density at radius 2 is 2.00 bits per heavy atom. The number of nitro groups is 1. The second kappa shape index (κ2) is 7.40. The summed E-state index contributed by atoms with van der Waals surface area (Å²) in [6.45, 7) is 1.57. The normalized spacial score (nSPS) is 10.5. The number of amides is 1. The number of anilines is 1. The summed E-state index contributed by atoms with van der Waals surface area (Å²) in [5.41, 5.74) is 1.16. The van der Waals surface area contributed by atoms with Crippen molar-refractivity contribution in [3.63, 3.8) is 0 Å². The van der Waals surface area contributed by atoms with Gasteiger partial charge in [0.05, 0.1) is 10.6 Å². The number of rotatable bonds is 5. The van der Waals surface area contributed by atoms with Gasteiger partial charge in [0.2, 0.25) is 0 Å². The van der Waals surface area contributed by atoms with E-state index in [0.29, 0.717) is 11.3 Å². The summed E-state index contributed by atoms with van der Waals surface area (Å²) in [6.07, 6.45) is 3.55. The molecule has 0 aliphatic rings. The zero-order valence-corrected chi connectivity index (χ0v) is 15.0. The van der Waals surface area contributed by atoms with Gasteiger partial charge in [0.1, 0.15) is 0 Å². The summed E-state index contributed by atoms with van der Waals surface area (Å²) in [5.74, 6) is -0.390. The van der Waals surface area contributed by atoms with Crippen molar-refractivity contribution in [3.05, 3.63) is 76.1 Å². The van der Waals surface area contributed by atoms with E-state index in [1.165, 1.54) is 23.9 Å². The molecule has 0 spiro atoms. The second-order valence-corrected chi connectivity index (χ2v) is 6.59. The molecule has 3 rings (SSSR count). The maximum Gasteiger partial charge on any atom is 0.273 e. The first-order chi connectivity index (χ1) is 12.5. The van der Waals surface area contributed by atoms with Gasteiger partial charge in [0.25, 0.3) is 11.6 Å². The van der Waals surface area contributed by atoms with Crippen LogP contribution >= 0.6 is 11.8 Å². The molecule has 0 bridgehead atoms. The van der Waals surface area contributed by atoms with Crippen molar-refractivity contribution >= 4 is 29.0 Å². The summed E-state index contributed by atoms with van der Waals surface area (Å²) < 4.78 is 1.88. The van der Waals surface area contributed by atoms with Crippen molar-refractivity contribution in [1.29, 1.82) is 0 Å². The zero-order chi connectivity index (χ0) is 18.7. The minimum atomic E-state index is -0.489. The first-order valence-corrected chi connectivity index (χ1v) is 8.58. The van der Waals surface area contributed by atoms with Gasteiger partial charge in [-0.2, -0.15) is 0 Å². The number of aromatic nitrogens is 2. The number of carbonyl (C=O) groups is 1. The van der Waals surface area contributed by atoms with E-state index < -0.39 is 4.92 Å². The molecule has 0 saturated carbocycles. The maximum absolute atomic E-state index is 12.7. The van der Waals surface area contributed by atoms with Gasteiger partial charge >= 0.3 is 0 Å². The molecule has 3 aromatic rings. The van der Waals surface area contributed by atoms with Crippen molar-refractivity contribution in [1.82, 2.24) is 9.55 Å². The molecule has 0 aliphatic carbocycles. The standard InChI is InChI=1S/C18H16N4O3S/c1-12-13(6-5-8-15(12)22(24)25)17(23)20-14-7-3-4-9-16(14)26-18-19-10-11-21(18)2/h3-11H,1-2H3,(H,20,23). The number of hydrogen-bond acceptors (Lipinski definition) is 5. The van der Waals surface area contributed by atoms with Gasteiger partial charge in [-0.05, 0) is 36.9 Å². The molecule has 0 saturated heterocycles. The number of nitrogens with one attached hydrogen (secondary N) is 1. The van der Waals surface area contributed by atoms with E-state index in [4.69, 9.17) is 0 Å². The molecule has 26 heavy (non-hydrogen) atoms. The molecule has 0 unspecified atom stereocenters. The molecule has 132 valence electrons. The Balaban J connectivity index is 1.88. The Morgan fingerprint density at radius 3 is 2.69 bits per heavy atom. The van der Waals surface area contributed by atoms with E-state index in [0.717, 1.165) is 10.1 Å². The Labute approximate surface area is 154 Å². The van der Waals surface area contributed by atoms with Crippen LogP contribution in [0.4, 0.5) is 11.4 Å². The van der Waals surface area contributed by atoms with Crippen LogP contribution in [-0.4, -0.2) is 20.4 Å². The molecular formula is C18H16N4O3S. The van der Waals surface area contributed by atoms with Crippen LogP contribution in [0, 0.1) is 17.0 Å². The van der Waals surface area contributed by atoms with Crippen LogP contribution in [0.15, 0.2) is 64.9 Å². The fourth-order valence-electron chi connectivity index (χ4n) is 2.46. The van der Waals surface area contributed by atoms with E-state index in [2.05, 4.69) is 10.3 Å². The summed E-state index contributed by atoms with van der Waals surface area (Å²) in [4.78, 5) is 28.4. The Morgan fingerprint density at radius 1 is 1.23 bits per heavy atom. The number of nitro benzene ring substituents is 1. The fraction of sp³-hybridized carbons (Fsp3) is 0.111. The third-order valence-corrected chi connectivity index (χ3v) is 5.01. The highest BCUT2D eigenvalue weighted by Crippen LogP contribution is 2.32. The number of hydrogen-bond donors (Lipinski definition) is 1. The lowest BCUT2D eigenvalue weighted by Crippen LogP contribution is -2.14. The Hall–Kier alpha value is -3.13. The average molecular weight is 368 g/mol. The van der Waals surface area contributed by atoms with Crippen molar-refractivity contribution < 1.29 is 9.72 Å². The predicted molar refractivity (Wildman–Crippen MR) is 99.6 cm³/mol. The van der Waals surface area contributed by atoms with Gasteiger partial charge in [0.15, 0.2) is 5.16 Å².